The summed E-state index contributed by atoms with van der Waals surface area (Å²) in [5.74, 6) is -0.217. The van der Waals surface area contributed by atoms with Gasteiger partial charge in [-0.1, -0.05) is 24.3 Å². The summed E-state index contributed by atoms with van der Waals surface area (Å²) in [6.45, 7) is 5.08. The minimum absolute atomic E-state index is 0.128. The maximum atomic E-state index is 12.5. The number of aryl methyl sites for hydroxylation is 1. The second-order valence-electron chi connectivity index (χ2n) is 6.69. The van der Waals surface area contributed by atoms with Crippen molar-refractivity contribution >= 4 is 15.9 Å². The van der Waals surface area contributed by atoms with E-state index < -0.39 is 10.0 Å². The summed E-state index contributed by atoms with van der Waals surface area (Å²) in [4.78, 5) is 12.7. The summed E-state index contributed by atoms with van der Waals surface area (Å²) in [7, 11) is -3.45. The van der Waals surface area contributed by atoms with E-state index in [-0.39, 0.29) is 16.8 Å². The van der Waals surface area contributed by atoms with Crippen molar-refractivity contribution in [1.29, 1.82) is 0 Å². The lowest BCUT2D eigenvalue weighted by Crippen LogP contribution is -2.28. The van der Waals surface area contributed by atoms with E-state index in [1.807, 2.05) is 38.1 Å². The zero-order valence-electron chi connectivity index (χ0n) is 15.1. The van der Waals surface area contributed by atoms with Crippen molar-refractivity contribution in [3.63, 3.8) is 0 Å². The molecule has 1 aliphatic rings. The molecule has 0 saturated carbocycles. The van der Waals surface area contributed by atoms with Gasteiger partial charge in [0.2, 0.25) is 10.0 Å². The molecule has 0 spiro atoms. The number of benzene rings is 2. The van der Waals surface area contributed by atoms with Crippen LogP contribution in [0.3, 0.4) is 0 Å². The SMILES string of the molecule is Cc1ccccc1C(C)NC(=O)c1ccc(S(=O)(=O)N2CCCC2)cc1. The first-order chi connectivity index (χ1) is 12.4. The topological polar surface area (TPSA) is 66.5 Å². The van der Waals surface area contributed by atoms with Crippen molar-refractivity contribution in [3.8, 4) is 0 Å². The zero-order chi connectivity index (χ0) is 18.7. The number of hydrogen-bond acceptors (Lipinski definition) is 3. The molecule has 0 aromatic heterocycles. The van der Waals surface area contributed by atoms with Crippen LogP contribution < -0.4 is 5.32 Å². The predicted molar refractivity (Wildman–Crippen MR) is 101 cm³/mol. The molecule has 0 radical (unpaired) electrons. The van der Waals surface area contributed by atoms with Crippen molar-refractivity contribution in [3.05, 3.63) is 65.2 Å². The molecule has 26 heavy (non-hydrogen) atoms. The maximum Gasteiger partial charge on any atom is 0.251 e. The quantitative estimate of drug-likeness (QED) is 0.876. The lowest BCUT2D eigenvalue weighted by molar-refractivity contribution is 0.0939. The van der Waals surface area contributed by atoms with Crippen molar-refractivity contribution in [2.45, 2.75) is 37.6 Å². The molecule has 6 heteroatoms. The molecule has 2 aromatic carbocycles. The van der Waals surface area contributed by atoms with Crippen LogP contribution in [0, 0.1) is 6.92 Å². The normalized spacial score (nSPS) is 16.4. The third-order valence-electron chi connectivity index (χ3n) is 4.82. The van der Waals surface area contributed by atoms with Crippen molar-refractivity contribution in [1.82, 2.24) is 9.62 Å². The molecule has 138 valence electrons. The molecule has 5 nitrogen and oxygen atoms in total. The van der Waals surface area contributed by atoms with E-state index in [0.29, 0.717) is 18.7 Å². The number of sulfonamides is 1. The average Bonchev–Trinajstić information content (AvgIpc) is 3.17. The first kappa shape index (κ1) is 18.6. The molecule has 3 rings (SSSR count). The van der Waals surface area contributed by atoms with E-state index in [4.69, 9.17) is 0 Å². The van der Waals surface area contributed by atoms with Gasteiger partial charge in [0.25, 0.3) is 5.91 Å². The highest BCUT2D eigenvalue weighted by molar-refractivity contribution is 7.89. The van der Waals surface area contributed by atoms with E-state index >= 15 is 0 Å². The van der Waals surface area contributed by atoms with E-state index in [9.17, 15) is 13.2 Å². The molecule has 1 aliphatic heterocycles. The van der Waals surface area contributed by atoms with Gasteiger partial charge in [0.15, 0.2) is 0 Å². The van der Waals surface area contributed by atoms with Crippen LogP contribution in [0.5, 0.6) is 0 Å². The number of nitrogens with zero attached hydrogens (tertiary/aromatic N) is 1. The van der Waals surface area contributed by atoms with Crippen LogP contribution in [0.2, 0.25) is 0 Å². The Kier molecular flexibility index (Phi) is 5.44. The summed E-state index contributed by atoms with van der Waals surface area (Å²) in [5.41, 5.74) is 2.63. The first-order valence-electron chi connectivity index (χ1n) is 8.86. The van der Waals surface area contributed by atoms with Crippen LogP contribution in [0.15, 0.2) is 53.4 Å². The minimum atomic E-state index is -3.45. The van der Waals surface area contributed by atoms with Gasteiger partial charge in [-0.15, -0.1) is 0 Å². The Bertz CT molecular complexity index is 886. The molecular weight excluding hydrogens is 348 g/mol. The Labute approximate surface area is 155 Å². The molecule has 1 N–H and O–H groups in total. The number of carbonyl (C=O) groups is 1. The van der Waals surface area contributed by atoms with E-state index in [1.54, 1.807) is 12.1 Å². The molecule has 1 heterocycles. The number of nitrogens with one attached hydrogen (secondary N) is 1. The van der Waals surface area contributed by atoms with Gasteiger partial charge in [-0.2, -0.15) is 4.31 Å². The summed E-state index contributed by atoms with van der Waals surface area (Å²) in [6.07, 6.45) is 1.80. The largest absolute Gasteiger partial charge is 0.346 e. The van der Waals surface area contributed by atoms with Crippen LogP contribution >= 0.6 is 0 Å². The predicted octanol–water partition coefficient (Wildman–Crippen LogP) is 3.27. The maximum absolute atomic E-state index is 12.5. The summed E-state index contributed by atoms with van der Waals surface area (Å²) < 4.78 is 26.6. The van der Waals surface area contributed by atoms with E-state index in [1.165, 1.54) is 16.4 Å². The third-order valence-corrected chi connectivity index (χ3v) is 6.73. The monoisotopic (exact) mass is 372 g/mol. The Morgan fingerprint density at radius 3 is 2.27 bits per heavy atom. The van der Waals surface area contributed by atoms with Crippen LogP contribution in [0.25, 0.3) is 0 Å². The number of amides is 1. The molecule has 0 bridgehead atoms. The Morgan fingerprint density at radius 2 is 1.65 bits per heavy atom. The first-order valence-corrected chi connectivity index (χ1v) is 10.3. The lowest BCUT2D eigenvalue weighted by Gasteiger charge is -2.17. The number of rotatable bonds is 5. The fourth-order valence-electron chi connectivity index (χ4n) is 3.29. The molecule has 1 unspecified atom stereocenters. The van der Waals surface area contributed by atoms with Gasteiger partial charge in [-0.3, -0.25) is 4.79 Å². The van der Waals surface area contributed by atoms with Crippen LogP contribution in [-0.4, -0.2) is 31.7 Å². The Balaban J connectivity index is 1.72. The molecule has 1 saturated heterocycles. The lowest BCUT2D eigenvalue weighted by atomic mass is 10.0. The van der Waals surface area contributed by atoms with Gasteiger partial charge in [0.1, 0.15) is 0 Å². The van der Waals surface area contributed by atoms with E-state index in [2.05, 4.69) is 5.32 Å². The van der Waals surface area contributed by atoms with Gasteiger partial charge < -0.3 is 5.32 Å². The summed E-state index contributed by atoms with van der Waals surface area (Å²) in [5, 5.41) is 2.97. The van der Waals surface area contributed by atoms with Crippen LogP contribution in [-0.2, 0) is 10.0 Å². The highest BCUT2D eigenvalue weighted by Crippen LogP contribution is 2.22. The van der Waals surface area contributed by atoms with Gasteiger partial charge >= 0.3 is 0 Å². The fraction of sp³-hybridized carbons (Fsp3) is 0.350. The van der Waals surface area contributed by atoms with Crippen LogP contribution in [0.1, 0.15) is 47.3 Å². The fourth-order valence-corrected chi connectivity index (χ4v) is 4.80. The zero-order valence-corrected chi connectivity index (χ0v) is 15.9. The highest BCUT2D eigenvalue weighted by atomic mass is 32.2. The molecular formula is C20H24N2O3S. The van der Waals surface area contributed by atoms with Crippen molar-refractivity contribution in [2.75, 3.05) is 13.1 Å². The van der Waals surface area contributed by atoms with Crippen LogP contribution in [0.4, 0.5) is 0 Å². The van der Waals surface area contributed by atoms with Gasteiger partial charge in [-0.05, 0) is 62.1 Å². The summed E-state index contributed by atoms with van der Waals surface area (Å²) in [6, 6.07) is 14.0. The standard InChI is InChI=1S/C20H24N2O3S/c1-15-7-3-4-8-19(15)16(2)21-20(23)17-9-11-18(12-10-17)26(24,25)22-13-5-6-14-22/h3-4,7-12,16H,5-6,13-14H2,1-2H3,(H,21,23). The van der Waals surface area contributed by atoms with E-state index in [0.717, 1.165) is 24.0 Å². The van der Waals surface area contributed by atoms with Gasteiger partial charge in [0.05, 0.1) is 10.9 Å². The number of hydrogen-bond donors (Lipinski definition) is 1. The Hall–Kier alpha value is -2.18. The Morgan fingerprint density at radius 1 is 1.04 bits per heavy atom. The highest BCUT2D eigenvalue weighted by Gasteiger charge is 2.27. The molecule has 0 aliphatic carbocycles. The molecule has 2 aromatic rings. The number of carbonyl (C=O) groups excluding carboxylic acids is 1. The molecule has 1 fully saturated rings. The molecule has 1 atom stereocenters. The minimum Gasteiger partial charge on any atom is -0.346 e. The second kappa shape index (κ2) is 7.60. The van der Waals surface area contributed by atoms with Crippen molar-refractivity contribution < 1.29 is 13.2 Å². The van der Waals surface area contributed by atoms with Gasteiger partial charge in [0, 0.05) is 18.7 Å². The van der Waals surface area contributed by atoms with Crippen molar-refractivity contribution in [2.24, 2.45) is 0 Å². The molecule has 1 amide bonds. The average molecular weight is 372 g/mol. The van der Waals surface area contributed by atoms with Gasteiger partial charge in [-0.25, -0.2) is 8.42 Å². The second-order valence-corrected chi connectivity index (χ2v) is 8.63. The smallest absolute Gasteiger partial charge is 0.251 e. The third kappa shape index (κ3) is 3.81. The summed E-state index contributed by atoms with van der Waals surface area (Å²) >= 11 is 0.